The van der Waals surface area contributed by atoms with E-state index in [-0.39, 0.29) is 18.0 Å². The van der Waals surface area contributed by atoms with E-state index in [0.717, 1.165) is 22.8 Å². The maximum atomic E-state index is 12.0. The van der Waals surface area contributed by atoms with Crippen molar-refractivity contribution >= 4 is 57.8 Å². The van der Waals surface area contributed by atoms with Crippen LogP contribution in [0.25, 0.3) is 5.69 Å². The summed E-state index contributed by atoms with van der Waals surface area (Å²) in [6, 6.07) is 20.3. The average molecular weight is 567 g/mol. The smallest absolute Gasteiger partial charge is 0.224 e. The summed E-state index contributed by atoms with van der Waals surface area (Å²) in [5.41, 5.74) is 3.97. The van der Waals surface area contributed by atoms with Gasteiger partial charge in [-0.1, -0.05) is 36.2 Å². The number of methoxy groups -OCH3 is 1. The molecule has 2 aromatic carbocycles. The molecule has 3 heterocycles. The number of benzene rings is 2. The van der Waals surface area contributed by atoms with Crippen molar-refractivity contribution in [2.75, 3.05) is 17.3 Å². The van der Waals surface area contributed by atoms with Crippen molar-refractivity contribution in [3.05, 3.63) is 101 Å². The summed E-state index contributed by atoms with van der Waals surface area (Å²) < 4.78 is 7.67. The SMILES string of the molecule is CCC(=O)Nc1ccc(N2C(=S)NC(c3ccccn3)C2c2cccn2-c2ccc(Cl)cc2Cl)cc1OC. The summed E-state index contributed by atoms with van der Waals surface area (Å²) in [6.07, 6.45) is 4.09. The van der Waals surface area contributed by atoms with E-state index in [1.165, 1.54) is 0 Å². The summed E-state index contributed by atoms with van der Waals surface area (Å²) in [6.45, 7) is 1.80. The van der Waals surface area contributed by atoms with Crippen molar-refractivity contribution in [1.82, 2.24) is 14.9 Å². The standard InChI is InChI=1S/C28H25Cl2N5O2S/c1-3-25(36)32-20-11-10-18(16-24(20)37-2)35-27(26(33-28(35)38)21-7-4-5-13-31-21)23-8-6-14-34(23)22-12-9-17(29)15-19(22)30/h4-16,26-27H,3H2,1-2H3,(H,32,36)(H,33,38). The predicted octanol–water partition coefficient (Wildman–Crippen LogP) is 6.71. The van der Waals surface area contributed by atoms with Gasteiger partial charge in [-0.2, -0.15) is 0 Å². The quantitative estimate of drug-likeness (QED) is 0.242. The van der Waals surface area contributed by atoms with Crippen LogP contribution in [-0.2, 0) is 4.79 Å². The van der Waals surface area contributed by atoms with Crippen LogP contribution in [-0.4, -0.2) is 27.7 Å². The van der Waals surface area contributed by atoms with E-state index < -0.39 is 0 Å². The Kier molecular flexibility index (Phi) is 7.56. The molecule has 0 radical (unpaired) electrons. The number of anilines is 2. The Morgan fingerprint density at radius 1 is 1.13 bits per heavy atom. The number of pyridine rings is 1. The largest absolute Gasteiger partial charge is 0.494 e. The lowest BCUT2D eigenvalue weighted by Gasteiger charge is -2.29. The van der Waals surface area contributed by atoms with Gasteiger partial charge in [0.15, 0.2) is 5.11 Å². The second-order valence-electron chi connectivity index (χ2n) is 8.68. The van der Waals surface area contributed by atoms with Gasteiger partial charge in [-0.3, -0.25) is 9.78 Å². The highest BCUT2D eigenvalue weighted by molar-refractivity contribution is 7.80. The zero-order chi connectivity index (χ0) is 26.8. The highest BCUT2D eigenvalue weighted by atomic mass is 35.5. The molecule has 2 unspecified atom stereocenters. The first kappa shape index (κ1) is 26.0. The Morgan fingerprint density at radius 3 is 2.68 bits per heavy atom. The molecule has 0 bridgehead atoms. The fraction of sp³-hybridized carbons (Fsp3) is 0.179. The third-order valence-corrected chi connectivity index (χ3v) is 7.26. The summed E-state index contributed by atoms with van der Waals surface area (Å²) in [4.78, 5) is 18.7. The molecule has 4 aromatic rings. The molecule has 1 saturated heterocycles. The third kappa shape index (κ3) is 4.95. The van der Waals surface area contributed by atoms with Crippen LogP contribution < -0.4 is 20.3 Å². The zero-order valence-electron chi connectivity index (χ0n) is 20.7. The number of aromatic nitrogens is 2. The number of amides is 1. The number of hydrogen-bond donors (Lipinski definition) is 2. The number of halogens is 2. The molecule has 1 fully saturated rings. The lowest BCUT2D eigenvalue weighted by Crippen LogP contribution is -2.30. The van der Waals surface area contributed by atoms with E-state index in [9.17, 15) is 4.79 Å². The van der Waals surface area contributed by atoms with Crippen molar-refractivity contribution in [1.29, 1.82) is 0 Å². The Labute approximate surface area is 236 Å². The van der Waals surface area contributed by atoms with Gasteiger partial charge in [0.1, 0.15) is 11.8 Å². The molecule has 1 amide bonds. The van der Waals surface area contributed by atoms with Gasteiger partial charge in [0.25, 0.3) is 0 Å². The molecule has 5 rings (SSSR count). The van der Waals surface area contributed by atoms with Crippen LogP contribution in [0.15, 0.2) is 79.1 Å². The molecule has 10 heteroatoms. The molecular weight excluding hydrogens is 541 g/mol. The topological polar surface area (TPSA) is 71.4 Å². The first-order chi connectivity index (χ1) is 18.4. The molecule has 2 N–H and O–H groups in total. The Bertz CT molecular complexity index is 1490. The molecular formula is C28H25Cl2N5O2S. The first-order valence-corrected chi connectivity index (χ1v) is 13.2. The van der Waals surface area contributed by atoms with E-state index >= 15 is 0 Å². The minimum absolute atomic E-state index is 0.0971. The van der Waals surface area contributed by atoms with Crippen molar-refractivity contribution in [3.63, 3.8) is 0 Å². The van der Waals surface area contributed by atoms with Gasteiger partial charge < -0.3 is 24.8 Å². The van der Waals surface area contributed by atoms with E-state index in [4.69, 9.17) is 40.2 Å². The number of thiocarbonyl (C=S) groups is 1. The molecule has 38 heavy (non-hydrogen) atoms. The normalized spacial score (nSPS) is 16.8. The molecule has 2 aromatic heterocycles. The molecule has 0 saturated carbocycles. The van der Waals surface area contributed by atoms with Crippen LogP contribution in [0, 0.1) is 0 Å². The van der Waals surface area contributed by atoms with Crippen LogP contribution in [0.1, 0.15) is 36.8 Å². The molecule has 2 atom stereocenters. The molecule has 0 aliphatic carbocycles. The Balaban J connectivity index is 1.64. The van der Waals surface area contributed by atoms with Crippen molar-refractivity contribution < 1.29 is 9.53 Å². The first-order valence-electron chi connectivity index (χ1n) is 12.0. The maximum absolute atomic E-state index is 12.0. The minimum atomic E-state index is -0.292. The maximum Gasteiger partial charge on any atom is 0.224 e. The molecule has 1 aliphatic heterocycles. The number of ether oxygens (including phenoxy) is 1. The number of carbonyl (C=O) groups is 1. The number of nitrogens with one attached hydrogen (secondary N) is 2. The van der Waals surface area contributed by atoms with Gasteiger partial charge in [-0.15, -0.1) is 0 Å². The third-order valence-electron chi connectivity index (χ3n) is 6.41. The van der Waals surface area contributed by atoms with Crippen LogP contribution in [0.3, 0.4) is 0 Å². The van der Waals surface area contributed by atoms with Gasteiger partial charge in [0, 0.05) is 41.3 Å². The van der Waals surface area contributed by atoms with Crippen molar-refractivity contribution in [3.8, 4) is 11.4 Å². The lowest BCUT2D eigenvalue weighted by molar-refractivity contribution is -0.115. The molecule has 0 spiro atoms. The van der Waals surface area contributed by atoms with Gasteiger partial charge in [-0.05, 0) is 66.8 Å². The average Bonchev–Trinajstić information content (AvgIpc) is 3.53. The summed E-state index contributed by atoms with van der Waals surface area (Å²) in [5, 5.41) is 7.98. The van der Waals surface area contributed by atoms with Gasteiger partial charge in [0.2, 0.25) is 5.91 Å². The van der Waals surface area contributed by atoms with E-state index in [0.29, 0.717) is 33.0 Å². The van der Waals surface area contributed by atoms with Crippen LogP contribution >= 0.6 is 35.4 Å². The fourth-order valence-electron chi connectivity index (χ4n) is 4.64. The van der Waals surface area contributed by atoms with E-state index in [1.807, 2.05) is 76.3 Å². The second kappa shape index (κ2) is 11.0. The Hall–Kier alpha value is -3.59. The summed E-state index contributed by atoms with van der Waals surface area (Å²) in [7, 11) is 1.57. The monoisotopic (exact) mass is 565 g/mol. The van der Waals surface area contributed by atoms with Crippen molar-refractivity contribution in [2.45, 2.75) is 25.4 Å². The van der Waals surface area contributed by atoms with Gasteiger partial charge >= 0.3 is 0 Å². The predicted molar refractivity (Wildman–Crippen MR) is 156 cm³/mol. The van der Waals surface area contributed by atoms with Gasteiger partial charge in [-0.25, -0.2) is 0 Å². The lowest BCUT2D eigenvalue weighted by atomic mass is 10.0. The summed E-state index contributed by atoms with van der Waals surface area (Å²) >= 11 is 18.7. The number of nitrogens with zero attached hydrogens (tertiary/aromatic N) is 3. The van der Waals surface area contributed by atoms with Crippen LogP contribution in [0.2, 0.25) is 10.0 Å². The van der Waals surface area contributed by atoms with Crippen LogP contribution in [0.4, 0.5) is 11.4 Å². The summed E-state index contributed by atoms with van der Waals surface area (Å²) in [5.74, 6) is 0.434. The zero-order valence-corrected chi connectivity index (χ0v) is 23.0. The Morgan fingerprint density at radius 2 is 1.97 bits per heavy atom. The fourth-order valence-corrected chi connectivity index (χ4v) is 5.48. The van der Waals surface area contributed by atoms with E-state index in [2.05, 4.69) is 15.6 Å². The molecule has 1 aliphatic rings. The molecule has 7 nitrogen and oxygen atoms in total. The number of carbonyl (C=O) groups excluding carboxylic acids is 1. The van der Waals surface area contributed by atoms with Crippen molar-refractivity contribution in [2.24, 2.45) is 0 Å². The molecule has 194 valence electrons. The number of hydrogen-bond acceptors (Lipinski definition) is 4. The highest BCUT2D eigenvalue weighted by Gasteiger charge is 2.42. The number of rotatable bonds is 7. The minimum Gasteiger partial charge on any atom is -0.494 e. The highest BCUT2D eigenvalue weighted by Crippen LogP contribution is 2.44. The van der Waals surface area contributed by atoms with E-state index in [1.54, 1.807) is 26.3 Å². The van der Waals surface area contributed by atoms with Crippen LogP contribution in [0.5, 0.6) is 5.75 Å². The second-order valence-corrected chi connectivity index (χ2v) is 9.91. The van der Waals surface area contributed by atoms with Gasteiger partial charge in [0.05, 0.1) is 35.2 Å².